The Bertz CT molecular complexity index is 606. The van der Waals surface area contributed by atoms with Crippen LogP contribution in [0.5, 0.6) is 0 Å². The second kappa shape index (κ2) is 8.71. The van der Waals surface area contributed by atoms with Gasteiger partial charge in [-0.2, -0.15) is 0 Å². The third-order valence-electron chi connectivity index (χ3n) is 4.96. The molecule has 2 aromatic rings. The number of rotatable bonds is 8. The molecule has 1 atom stereocenters. The summed E-state index contributed by atoms with van der Waals surface area (Å²) in [5.41, 5.74) is 5.60. The summed E-state index contributed by atoms with van der Waals surface area (Å²) in [4.78, 5) is 2.87. The summed E-state index contributed by atoms with van der Waals surface area (Å²) in [5, 5.41) is 0. The Morgan fingerprint density at radius 1 is 0.833 bits per heavy atom. The maximum atomic E-state index is 3.99. The SMILES string of the molecule is CCCCCCCCC(Br)N1c2ccccc2Cc2ccccc21. The van der Waals surface area contributed by atoms with Gasteiger partial charge in [0.1, 0.15) is 0 Å². The van der Waals surface area contributed by atoms with Crippen molar-refractivity contribution in [2.75, 3.05) is 4.90 Å². The van der Waals surface area contributed by atoms with Crippen molar-refractivity contribution in [1.82, 2.24) is 0 Å². The number of hydrogen-bond donors (Lipinski definition) is 0. The number of alkyl halides is 1. The van der Waals surface area contributed by atoms with E-state index in [4.69, 9.17) is 0 Å². The van der Waals surface area contributed by atoms with Gasteiger partial charge in [-0.3, -0.25) is 0 Å². The lowest BCUT2D eigenvalue weighted by Gasteiger charge is -2.37. The zero-order chi connectivity index (χ0) is 16.8. The topological polar surface area (TPSA) is 3.24 Å². The van der Waals surface area contributed by atoms with Crippen molar-refractivity contribution in [3.8, 4) is 0 Å². The highest BCUT2D eigenvalue weighted by atomic mass is 79.9. The average Bonchev–Trinajstić information content (AvgIpc) is 2.62. The van der Waals surface area contributed by atoms with Crippen LogP contribution in [0.1, 0.15) is 63.0 Å². The van der Waals surface area contributed by atoms with Gasteiger partial charge in [0.25, 0.3) is 0 Å². The molecule has 1 unspecified atom stereocenters. The molecule has 0 bridgehead atoms. The molecule has 0 aromatic heterocycles. The number of anilines is 2. The highest BCUT2D eigenvalue weighted by Gasteiger charge is 2.26. The molecule has 1 heterocycles. The molecule has 2 aromatic carbocycles. The minimum Gasteiger partial charge on any atom is -0.328 e. The van der Waals surface area contributed by atoms with Crippen molar-refractivity contribution >= 4 is 27.3 Å². The largest absolute Gasteiger partial charge is 0.328 e. The molecule has 1 aliphatic heterocycles. The van der Waals surface area contributed by atoms with E-state index in [0.717, 1.165) is 6.42 Å². The van der Waals surface area contributed by atoms with E-state index in [1.165, 1.54) is 67.4 Å². The normalized spacial score (nSPS) is 14.2. The summed E-state index contributed by atoms with van der Waals surface area (Å²) in [7, 11) is 0. The van der Waals surface area contributed by atoms with Crippen LogP contribution in [0.2, 0.25) is 0 Å². The first-order valence-electron chi connectivity index (χ1n) is 9.40. The molecule has 24 heavy (non-hydrogen) atoms. The van der Waals surface area contributed by atoms with Gasteiger partial charge in [-0.15, -0.1) is 0 Å². The van der Waals surface area contributed by atoms with Gasteiger partial charge in [0.15, 0.2) is 0 Å². The van der Waals surface area contributed by atoms with Crippen molar-refractivity contribution in [3.63, 3.8) is 0 Å². The molecular formula is C22H28BrN. The van der Waals surface area contributed by atoms with Gasteiger partial charge in [-0.05, 0) is 29.7 Å². The number of benzene rings is 2. The third kappa shape index (κ3) is 4.03. The van der Waals surface area contributed by atoms with Crippen molar-refractivity contribution in [2.45, 2.75) is 63.2 Å². The third-order valence-corrected chi connectivity index (χ3v) is 5.83. The molecule has 0 aliphatic carbocycles. The molecule has 1 aliphatic rings. The zero-order valence-corrected chi connectivity index (χ0v) is 16.3. The van der Waals surface area contributed by atoms with E-state index < -0.39 is 0 Å². The molecule has 0 N–H and O–H groups in total. The van der Waals surface area contributed by atoms with E-state index in [1.54, 1.807) is 0 Å². The van der Waals surface area contributed by atoms with E-state index in [1.807, 2.05) is 0 Å². The Morgan fingerprint density at radius 3 is 2.00 bits per heavy atom. The predicted octanol–water partition coefficient (Wildman–Crippen LogP) is 7.20. The van der Waals surface area contributed by atoms with Gasteiger partial charge in [-0.25, -0.2) is 0 Å². The monoisotopic (exact) mass is 385 g/mol. The molecule has 128 valence electrons. The van der Waals surface area contributed by atoms with E-state index in [0.29, 0.717) is 4.95 Å². The van der Waals surface area contributed by atoms with Crippen LogP contribution < -0.4 is 4.90 Å². The summed E-state index contributed by atoms with van der Waals surface area (Å²) in [6, 6.07) is 17.7. The number of nitrogens with zero attached hydrogens (tertiary/aromatic N) is 1. The van der Waals surface area contributed by atoms with Crippen LogP contribution >= 0.6 is 15.9 Å². The first-order chi connectivity index (χ1) is 11.8. The highest BCUT2D eigenvalue weighted by molar-refractivity contribution is 9.09. The minimum atomic E-state index is 0.367. The standard InChI is InChI=1S/C22H28BrN/c1-2-3-4-5-6-7-16-22(23)24-20-14-10-8-12-18(20)17-19-13-9-11-15-21(19)24/h8-15,22H,2-7,16-17H2,1H3. The summed E-state index contributed by atoms with van der Waals surface area (Å²) in [5.74, 6) is 0. The first-order valence-corrected chi connectivity index (χ1v) is 10.3. The molecule has 3 rings (SSSR count). The van der Waals surface area contributed by atoms with Gasteiger partial charge in [0.05, 0.1) is 4.95 Å². The van der Waals surface area contributed by atoms with Gasteiger partial charge in [0, 0.05) is 17.8 Å². The maximum Gasteiger partial charge on any atom is 0.0894 e. The minimum absolute atomic E-state index is 0.367. The number of para-hydroxylation sites is 2. The molecule has 0 saturated heterocycles. The molecule has 0 spiro atoms. The molecule has 2 heteroatoms. The van der Waals surface area contributed by atoms with E-state index in [-0.39, 0.29) is 0 Å². The lowest BCUT2D eigenvalue weighted by molar-refractivity contribution is 0.583. The molecule has 0 saturated carbocycles. The van der Waals surface area contributed by atoms with Crippen LogP contribution in [0.15, 0.2) is 48.5 Å². The van der Waals surface area contributed by atoms with Crippen molar-refractivity contribution < 1.29 is 0 Å². The van der Waals surface area contributed by atoms with Crippen LogP contribution in [0.3, 0.4) is 0 Å². The van der Waals surface area contributed by atoms with Crippen molar-refractivity contribution in [1.29, 1.82) is 0 Å². The zero-order valence-electron chi connectivity index (χ0n) is 14.7. The van der Waals surface area contributed by atoms with E-state index >= 15 is 0 Å². The van der Waals surface area contributed by atoms with Gasteiger partial charge >= 0.3 is 0 Å². The van der Waals surface area contributed by atoms with Gasteiger partial charge < -0.3 is 4.90 Å². The van der Waals surface area contributed by atoms with Gasteiger partial charge in [0.2, 0.25) is 0 Å². The number of hydrogen-bond acceptors (Lipinski definition) is 1. The Hall–Kier alpha value is -1.28. The van der Waals surface area contributed by atoms with E-state index in [2.05, 4.69) is 76.3 Å². The summed E-state index contributed by atoms with van der Waals surface area (Å²) >= 11 is 3.99. The van der Waals surface area contributed by atoms with Gasteiger partial charge in [-0.1, -0.05) is 97.8 Å². The predicted molar refractivity (Wildman–Crippen MR) is 109 cm³/mol. The van der Waals surface area contributed by atoms with Crippen LogP contribution in [-0.2, 0) is 6.42 Å². The quantitative estimate of drug-likeness (QED) is 0.263. The Kier molecular flexibility index (Phi) is 6.37. The summed E-state index contributed by atoms with van der Waals surface area (Å²) in [6.45, 7) is 2.28. The highest BCUT2D eigenvalue weighted by Crippen LogP contribution is 2.41. The number of halogens is 1. The molecule has 0 fully saturated rings. The van der Waals surface area contributed by atoms with Crippen molar-refractivity contribution in [2.24, 2.45) is 0 Å². The summed E-state index contributed by atoms with van der Waals surface area (Å²) < 4.78 is 0. The fourth-order valence-corrected chi connectivity index (χ4v) is 4.41. The molecule has 0 radical (unpaired) electrons. The molecule has 0 amide bonds. The second-order valence-electron chi connectivity index (χ2n) is 6.80. The molecule has 1 nitrogen and oxygen atoms in total. The summed E-state index contributed by atoms with van der Waals surface area (Å²) in [6.07, 6.45) is 10.3. The lowest BCUT2D eigenvalue weighted by atomic mass is 9.95. The first kappa shape index (κ1) is 17.5. The molecular weight excluding hydrogens is 358 g/mol. The fourth-order valence-electron chi connectivity index (χ4n) is 3.65. The average molecular weight is 386 g/mol. The Labute approximate surface area is 155 Å². The lowest BCUT2D eigenvalue weighted by Crippen LogP contribution is -2.30. The van der Waals surface area contributed by atoms with Crippen LogP contribution in [0.25, 0.3) is 0 Å². The Balaban J connectivity index is 1.70. The van der Waals surface area contributed by atoms with Crippen LogP contribution in [-0.4, -0.2) is 4.95 Å². The second-order valence-corrected chi connectivity index (χ2v) is 7.85. The van der Waals surface area contributed by atoms with Crippen molar-refractivity contribution in [3.05, 3.63) is 59.7 Å². The van der Waals surface area contributed by atoms with E-state index in [9.17, 15) is 0 Å². The fraction of sp³-hybridized carbons (Fsp3) is 0.455. The Morgan fingerprint density at radius 2 is 1.38 bits per heavy atom. The van der Waals surface area contributed by atoms with Crippen LogP contribution in [0, 0.1) is 0 Å². The van der Waals surface area contributed by atoms with Crippen LogP contribution in [0.4, 0.5) is 11.4 Å². The smallest absolute Gasteiger partial charge is 0.0894 e. The maximum absolute atomic E-state index is 3.99. The number of fused-ring (bicyclic) bond motifs is 2. The number of unbranched alkanes of at least 4 members (excludes halogenated alkanes) is 5.